The second-order valence-corrected chi connectivity index (χ2v) is 8.80. The van der Waals surface area contributed by atoms with Crippen molar-refractivity contribution in [2.24, 2.45) is 0 Å². The maximum absolute atomic E-state index is 13.4. The van der Waals surface area contributed by atoms with E-state index in [1.165, 1.54) is 19.1 Å². The van der Waals surface area contributed by atoms with E-state index in [0.29, 0.717) is 5.56 Å². The number of hydrogen-bond donors (Lipinski definition) is 0. The predicted octanol–water partition coefficient (Wildman–Crippen LogP) is 3.02. The Morgan fingerprint density at radius 2 is 1.75 bits per heavy atom. The first-order chi connectivity index (χ1) is 13.2. The third-order valence-electron chi connectivity index (χ3n) is 5.16. The number of rotatable bonds is 5. The van der Waals surface area contributed by atoms with Gasteiger partial charge in [-0.05, 0) is 38.5 Å². The molecule has 1 heterocycles. The number of sulfonamides is 1. The van der Waals surface area contributed by atoms with Crippen LogP contribution in [0.25, 0.3) is 0 Å². The van der Waals surface area contributed by atoms with Crippen LogP contribution in [0.15, 0.2) is 59.5 Å². The molecular formula is C21H23NO5S. The van der Waals surface area contributed by atoms with Gasteiger partial charge in [0, 0.05) is 12.3 Å². The summed E-state index contributed by atoms with van der Waals surface area (Å²) in [6.45, 7) is 5.04. The number of amides is 1. The van der Waals surface area contributed by atoms with Gasteiger partial charge < -0.3 is 4.74 Å². The minimum Gasteiger partial charge on any atom is -0.464 e. The van der Waals surface area contributed by atoms with E-state index >= 15 is 0 Å². The van der Waals surface area contributed by atoms with Crippen LogP contribution in [0.2, 0.25) is 0 Å². The Bertz CT molecular complexity index is 985. The molecule has 0 bridgehead atoms. The third kappa shape index (κ3) is 3.20. The molecule has 0 aromatic heterocycles. The first kappa shape index (κ1) is 20.1. The van der Waals surface area contributed by atoms with E-state index in [0.717, 1.165) is 9.87 Å². The quantitative estimate of drug-likeness (QED) is 0.720. The lowest BCUT2D eigenvalue weighted by Crippen LogP contribution is -2.55. The van der Waals surface area contributed by atoms with Gasteiger partial charge in [-0.3, -0.25) is 4.79 Å². The number of ether oxygens (including phenoxy) is 1. The van der Waals surface area contributed by atoms with Crippen LogP contribution < -0.4 is 0 Å². The summed E-state index contributed by atoms with van der Waals surface area (Å²) in [5, 5.41) is 0. The van der Waals surface area contributed by atoms with Gasteiger partial charge in [-0.25, -0.2) is 17.5 Å². The van der Waals surface area contributed by atoms with Crippen LogP contribution in [0.5, 0.6) is 0 Å². The summed E-state index contributed by atoms with van der Waals surface area (Å²) in [4.78, 5) is 25.8. The van der Waals surface area contributed by atoms with Crippen molar-refractivity contribution in [3.63, 3.8) is 0 Å². The third-order valence-corrected chi connectivity index (χ3v) is 7.09. The molecule has 148 valence electrons. The van der Waals surface area contributed by atoms with Gasteiger partial charge in [0.2, 0.25) is 5.91 Å². The fourth-order valence-corrected chi connectivity index (χ4v) is 5.42. The maximum atomic E-state index is 13.4. The molecule has 0 N–H and O–H groups in total. The normalized spacial score (nSPS) is 22.3. The van der Waals surface area contributed by atoms with Crippen LogP contribution in [-0.2, 0) is 24.3 Å². The molecule has 2 aromatic rings. The number of carbonyl (C=O) groups is 2. The van der Waals surface area contributed by atoms with Gasteiger partial charge in [0.05, 0.1) is 11.5 Å². The molecule has 0 radical (unpaired) electrons. The van der Waals surface area contributed by atoms with Crippen molar-refractivity contribution in [2.45, 2.75) is 43.5 Å². The highest BCUT2D eigenvalue weighted by atomic mass is 32.2. The Morgan fingerprint density at radius 3 is 2.32 bits per heavy atom. The molecule has 28 heavy (non-hydrogen) atoms. The van der Waals surface area contributed by atoms with Crippen molar-refractivity contribution in [2.75, 3.05) is 6.61 Å². The van der Waals surface area contributed by atoms with Crippen LogP contribution in [0.1, 0.15) is 37.3 Å². The number of benzene rings is 2. The number of carbonyl (C=O) groups excluding carboxylic acids is 2. The Kier molecular flexibility index (Phi) is 5.30. The number of esters is 1. The molecule has 1 fully saturated rings. The lowest BCUT2D eigenvalue weighted by Gasteiger charge is -2.36. The van der Waals surface area contributed by atoms with E-state index < -0.39 is 33.4 Å². The van der Waals surface area contributed by atoms with Crippen molar-refractivity contribution < 1.29 is 22.7 Å². The Morgan fingerprint density at radius 1 is 1.14 bits per heavy atom. The summed E-state index contributed by atoms with van der Waals surface area (Å²) in [6, 6.07) is 15.2. The van der Waals surface area contributed by atoms with Gasteiger partial charge in [0.15, 0.2) is 5.54 Å². The van der Waals surface area contributed by atoms with Crippen LogP contribution in [0.3, 0.4) is 0 Å². The van der Waals surface area contributed by atoms with Crippen molar-refractivity contribution in [3.05, 3.63) is 65.7 Å². The summed E-state index contributed by atoms with van der Waals surface area (Å²) in [7, 11) is -4.23. The van der Waals surface area contributed by atoms with E-state index in [-0.39, 0.29) is 17.9 Å². The Labute approximate surface area is 165 Å². The fourth-order valence-electron chi connectivity index (χ4n) is 3.69. The topological polar surface area (TPSA) is 80.8 Å². The van der Waals surface area contributed by atoms with E-state index in [9.17, 15) is 18.0 Å². The number of aryl methyl sites for hydroxylation is 1. The first-order valence-corrected chi connectivity index (χ1v) is 10.5. The van der Waals surface area contributed by atoms with Gasteiger partial charge in [0.1, 0.15) is 0 Å². The Hall–Kier alpha value is -2.67. The van der Waals surface area contributed by atoms with E-state index in [1.807, 2.05) is 13.0 Å². The van der Waals surface area contributed by atoms with Crippen molar-refractivity contribution >= 4 is 21.9 Å². The van der Waals surface area contributed by atoms with Gasteiger partial charge in [-0.1, -0.05) is 48.0 Å². The monoisotopic (exact) mass is 401 g/mol. The highest BCUT2D eigenvalue weighted by Gasteiger charge is 2.60. The van der Waals surface area contributed by atoms with Gasteiger partial charge >= 0.3 is 5.97 Å². The molecule has 1 amide bonds. The molecule has 0 saturated carbocycles. The molecule has 7 heteroatoms. The average molecular weight is 401 g/mol. The minimum absolute atomic E-state index is 0.0318. The zero-order valence-corrected chi connectivity index (χ0v) is 16.9. The minimum atomic E-state index is -4.23. The highest BCUT2D eigenvalue weighted by molar-refractivity contribution is 7.89. The van der Waals surface area contributed by atoms with Crippen molar-refractivity contribution in [1.29, 1.82) is 0 Å². The molecule has 0 spiro atoms. The molecule has 0 unspecified atom stereocenters. The lowest BCUT2D eigenvalue weighted by molar-refractivity contribution is -0.155. The maximum Gasteiger partial charge on any atom is 0.333 e. The van der Waals surface area contributed by atoms with E-state index in [4.69, 9.17) is 4.74 Å². The van der Waals surface area contributed by atoms with Crippen molar-refractivity contribution in [3.8, 4) is 0 Å². The van der Waals surface area contributed by atoms with E-state index in [2.05, 4.69) is 0 Å². The van der Waals surface area contributed by atoms with Crippen LogP contribution >= 0.6 is 0 Å². The molecule has 0 aliphatic carbocycles. The van der Waals surface area contributed by atoms with E-state index in [1.54, 1.807) is 43.3 Å². The SMILES string of the molecule is CCOC(=O)[C@]1(C)[C@@H](c2ccccc2)CC(=O)N1S(=O)(=O)c1ccc(C)cc1. The first-order valence-electron chi connectivity index (χ1n) is 9.10. The zero-order valence-electron chi connectivity index (χ0n) is 16.1. The van der Waals surface area contributed by atoms with Gasteiger partial charge in [-0.15, -0.1) is 0 Å². The summed E-state index contributed by atoms with van der Waals surface area (Å²) in [5.41, 5.74) is -0.0620. The molecule has 2 aromatic carbocycles. The number of hydrogen-bond acceptors (Lipinski definition) is 5. The summed E-state index contributed by atoms with van der Waals surface area (Å²) in [5.74, 6) is -1.99. The fraction of sp³-hybridized carbons (Fsp3) is 0.333. The Balaban J connectivity index is 2.16. The van der Waals surface area contributed by atoms with Crippen LogP contribution in [-0.4, -0.2) is 36.7 Å². The molecule has 3 rings (SSSR count). The molecule has 6 nitrogen and oxygen atoms in total. The molecule has 1 aliphatic rings. The standard InChI is InChI=1S/C21H23NO5S/c1-4-27-20(24)21(3)18(16-8-6-5-7-9-16)14-19(23)22(21)28(25,26)17-12-10-15(2)11-13-17/h5-13,18H,4,14H2,1-3H3/t18-,21+/m1/s1. The van der Waals surface area contributed by atoms with Crippen LogP contribution in [0, 0.1) is 6.92 Å². The molecule has 2 atom stereocenters. The summed E-state index contributed by atoms with van der Waals surface area (Å²) < 4.78 is 32.6. The van der Waals surface area contributed by atoms with Gasteiger partial charge in [-0.2, -0.15) is 0 Å². The zero-order chi connectivity index (χ0) is 20.5. The summed E-state index contributed by atoms with van der Waals surface area (Å²) >= 11 is 0. The predicted molar refractivity (Wildman–Crippen MR) is 104 cm³/mol. The second-order valence-electron chi connectivity index (χ2n) is 7.01. The van der Waals surface area contributed by atoms with Crippen molar-refractivity contribution in [1.82, 2.24) is 4.31 Å². The lowest BCUT2D eigenvalue weighted by atomic mass is 9.82. The molecular weight excluding hydrogens is 378 g/mol. The average Bonchev–Trinajstić information content (AvgIpc) is 2.95. The van der Waals surface area contributed by atoms with Gasteiger partial charge in [0.25, 0.3) is 10.0 Å². The molecule has 1 saturated heterocycles. The molecule has 1 aliphatic heterocycles. The summed E-state index contributed by atoms with van der Waals surface area (Å²) in [6.07, 6.45) is -0.0928. The highest BCUT2D eigenvalue weighted by Crippen LogP contribution is 2.46. The second kappa shape index (κ2) is 7.39. The smallest absolute Gasteiger partial charge is 0.333 e. The number of nitrogens with zero attached hydrogens (tertiary/aromatic N) is 1. The van der Waals surface area contributed by atoms with Crippen LogP contribution in [0.4, 0.5) is 0 Å². The largest absolute Gasteiger partial charge is 0.464 e.